The van der Waals surface area contributed by atoms with Crippen molar-refractivity contribution in [3.05, 3.63) is 117 Å². The van der Waals surface area contributed by atoms with Crippen LogP contribution < -0.4 is 16.0 Å². The predicted molar refractivity (Wildman–Crippen MR) is 194 cm³/mol. The lowest BCUT2D eigenvalue weighted by molar-refractivity contribution is -0.116. The van der Waals surface area contributed by atoms with E-state index in [0.717, 1.165) is 34.6 Å². The van der Waals surface area contributed by atoms with E-state index < -0.39 is 23.0 Å². The number of carbonyl (C=O) groups excluding carboxylic acids is 4. The molecule has 5 rings (SSSR count). The second kappa shape index (κ2) is 16.1. The number of hydrogen-bond acceptors (Lipinski definition) is 7. The molecule has 3 aromatic carbocycles. The number of fused-ring (bicyclic) bond motifs is 1. The van der Waals surface area contributed by atoms with Crippen molar-refractivity contribution in [3.8, 4) is 0 Å². The van der Waals surface area contributed by atoms with Crippen LogP contribution in [0.1, 0.15) is 63.4 Å². The summed E-state index contributed by atoms with van der Waals surface area (Å²) in [7, 11) is 1.35. The Bertz CT molecular complexity index is 1840. The highest BCUT2D eigenvalue weighted by molar-refractivity contribution is 8.00. The first kappa shape index (κ1) is 34.9. The van der Waals surface area contributed by atoms with Gasteiger partial charge in [-0.1, -0.05) is 61.8 Å². The van der Waals surface area contributed by atoms with Gasteiger partial charge in [0.15, 0.2) is 0 Å². The lowest BCUT2D eigenvalue weighted by Crippen LogP contribution is -2.30. The fraction of sp³-hybridized carbons (Fsp3) is 0.243. The van der Waals surface area contributed by atoms with Crippen molar-refractivity contribution in [1.82, 2.24) is 5.32 Å². The molecule has 0 spiro atoms. The van der Waals surface area contributed by atoms with Crippen LogP contribution in [0.4, 0.5) is 10.7 Å². The minimum absolute atomic E-state index is 0.0458. The van der Waals surface area contributed by atoms with Gasteiger partial charge in [0, 0.05) is 26.0 Å². The number of benzene rings is 3. The molecule has 0 radical (unpaired) electrons. The van der Waals surface area contributed by atoms with Gasteiger partial charge in [0.05, 0.1) is 17.9 Å². The summed E-state index contributed by atoms with van der Waals surface area (Å²) >= 11 is 8.86. The molecule has 48 heavy (non-hydrogen) atoms. The topological polar surface area (TPSA) is 114 Å². The summed E-state index contributed by atoms with van der Waals surface area (Å²) in [6.07, 6.45) is 4.75. The number of anilines is 2. The number of hydrogen-bond donors (Lipinski definition) is 3. The lowest BCUT2D eigenvalue weighted by Gasteiger charge is -2.18. The highest BCUT2D eigenvalue weighted by Crippen LogP contribution is 2.40. The smallest absolute Gasteiger partial charge is 0.341 e. The molecule has 2 unspecified atom stereocenters. The first-order valence-electron chi connectivity index (χ1n) is 15.6. The summed E-state index contributed by atoms with van der Waals surface area (Å²) in [6.45, 7) is 4.12. The molecule has 3 amide bonds. The maximum absolute atomic E-state index is 13.6. The van der Waals surface area contributed by atoms with E-state index in [1.807, 2.05) is 13.0 Å². The molecule has 1 aromatic heterocycles. The predicted octanol–water partition coefficient (Wildman–Crippen LogP) is 8.23. The molecular formula is C37H36ClN3O5S2. The van der Waals surface area contributed by atoms with Crippen LogP contribution in [0, 0.1) is 5.92 Å². The summed E-state index contributed by atoms with van der Waals surface area (Å²) in [4.78, 5) is 54.7. The van der Waals surface area contributed by atoms with Gasteiger partial charge in [-0.25, -0.2) is 4.79 Å². The number of amides is 3. The van der Waals surface area contributed by atoms with E-state index in [-0.39, 0.29) is 11.6 Å². The van der Waals surface area contributed by atoms with Gasteiger partial charge < -0.3 is 20.7 Å². The fourth-order valence-electron chi connectivity index (χ4n) is 5.35. The van der Waals surface area contributed by atoms with E-state index in [1.165, 1.54) is 30.2 Å². The van der Waals surface area contributed by atoms with Gasteiger partial charge in [0.1, 0.15) is 10.7 Å². The summed E-state index contributed by atoms with van der Waals surface area (Å²) < 4.78 is 5.08. The molecule has 0 saturated carbocycles. The van der Waals surface area contributed by atoms with E-state index >= 15 is 0 Å². The number of esters is 1. The zero-order valence-electron chi connectivity index (χ0n) is 26.8. The van der Waals surface area contributed by atoms with Gasteiger partial charge in [-0.15, -0.1) is 23.1 Å². The molecule has 2 atom stereocenters. The van der Waals surface area contributed by atoms with E-state index in [2.05, 4.69) is 22.9 Å². The van der Waals surface area contributed by atoms with Crippen molar-refractivity contribution >= 4 is 75.2 Å². The Labute approximate surface area is 293 Å². The van der Waals surface area contributed by atoms with E-state index in [4.69, 9.17) is 16.3 Å². The van der Waals surface area contributed by atoms with Crippen LogP contribution in [0.5, 0.6) is 0 Å². The number of thiophene rings is 1. The van der Waals surface area contributed by atoms with Gasteiger partial charge in [0.2, 0.25) is 5.91 Å². The molecule has 1 aliphatic rings. The molecule has 248 valence electrons. The first-order valence-corrected chi connectivity index (χ1v) is 17.7. The van der Waals surface area contributed by atoms with Crippen molar-refractivity contribution in [1.29, 1.82) is 0 Å². The number of carbonyl (C=O) groups is 4. The molecular weight excluding hydrogens is 666 g/mol. The third-order valence-electron chi connectivity index (χ3n) is 7.88. The van der Waals surface area contributed by atoms with Crippen molar-refractivity contribution in [2.75, 3.05) is 17.7 Å². The Morgan fingerprint density at radius 1 is 1.02 bits per heavy atom. The Morgan fingerprint density at radius 3 is 2.48 bits per heavy atom. The Morgan fingerprint density at radius 2 is 1.77 bits per heavy atom. The molecule has 0 saturated heterocycles. The van der Waals surface area contributed by atoms with Gasteiger partial charge in [-0.3, -0.25) is 14.4 Å². The number of ether oxygens (including phenoxy) is 1. The molecule has 8 nitrogen and oxygen atoms in total. The summed E-state index contributed by atoms with van der Waals surface area (Å²) in [5.41, 5.74) is 3.06. The van der Waals surface area contributed by atoms with Crippen LogP contribution in [0.3, 0.4) is 0 Å². The first-order chi connectivity index (χ1) is 23.1. The Kier molecular flexibility index (Phi) is 11.8. The molecule has 0 bridgehead atoms. The zero-order chi connectivity index (χ0) is 34.2. The third-order valence-corrected chi connectivity index (χ3v) is 10.7. The molecule has 3 N–H and O–H groups in total. The second-order valence-corrected chi connectivity index (χ2v) is 14.3. The molecule has 4 aromatic rings. The maximum atomic E-state index is 13.6. The van der Waals surface area contributed by atoms with Gasteiger partial charge in [0.25, 0.3) is 11.8 Å². The standard InChI is InChI=1S/C37H36ClN3O5S2/c1-4-30(35(44)41-36-32(37(45)46-3)28-18-13-22(2)19-31(28)48-36)47-27-12-8-11-26(21-27)39-34(43)29(20-23-14-16-25(38)17-15-23)40-33(42)24-9-6-5-7-10-24/h5-12,14-17,20-22,30H,4,13,18-19H2,1-3H3,(H,39,43)(H,40,42)(H,41,44)/b29-20+. The highest BCUT2D eigenvalue weighted by atomic mass is 35.5. The number of rotatable bonds is 11. The van der Waals surface area contributed by atoms with Crippen molar-refractivity contribution in [2.24, 2.45) is 5.92 Å². The van der Waals surface area contributed by atoms with Crippen LogP contribution in [0.2, 0.25) is 5.02 Å². The fourth-order valence-corrected chi connectivity index (χ4v) is 7.89. The maximum Gasteiger partial charge on any atom is 0.341 e. The normalized spacial score (nSPS) is 14.8. The minimum Gasteiger partial charge on any atom is -0.465 e. The number of methoxy groups -OCH3 is 1. The second-order valence-electron chi connectivity index (χ2n) is 11.5. The van der Waals surface area contributed by atoms with E-state index in [9.17, 15) is 19.2 Å². The summed E-state index contributed by atoms with van der Waals surface area (Å²) in [5, 5.41) is 9.25. The molecule has 11 heteroatoms. The molecule has 0 fully saturated rings. The average Bonchev–Trinajstić information content (AvgIpc) is 3.44. The van der Waals surface area contributed by atoms with Crippen LogP contribution in [0.15, 0.2) is 89.5 Å². The van der Waals surface area contributed by atoms with Crippen molar-refractivity contribution < 1.29 is 23.9 Å². The third kappa shape index (κ3) is 8.74. The van der Waals surface area contributed by atoms with Crippen molar-refractivity contribution in [2.45, 2.75) is 49.7 Å². The SMILES string of the molecule is CCC(Sc1cccc(NC(=O)/C(=C\c2ccc(Cl)cc2)NC(=O)c2ccccc2)c1)C(=O)Nc1sc2c(c1C(=O)OC)CCC(C)C2. The number of nitrogens with one attached hydrogen (secondary N) is 3. The minimum atomic E-state index is -0.521. The number of thioether (sulfide) groups is 1. The van der Waals surface area contributed by atoms with E-state index in [0.29, 0.717) is 44.7 Å². The van der Waals surface area contributed by atoms with Gasteiger partial charge in [-0.2, -0.15) is 0 Å². The number of halogens is 1. The Hall–Kier alpha value is -4.38. The Balaban J connectivity index is 1.31. The average molecular weight is 702 g/mol. The van der Waals surface area contributed by atoms with Crippen LogP contribution in [-0.2, 0) is 27.2 Å². The van der Waals surface area contributed by atoms with Gasteiger partial charge >= 0.3 is 5.97 Å². The largest absolute Gasteiger partial charge is 0.465 e. The van der Waals surface area contributed by atoms with Crippen LogP contribution >= 0.6 is 34.7 Å². The summed E-state index contributed by atoms with van der Waals surface area (Å²) in [5.74, 6) is -1.09. The van der Waals surface area contributed by atoms with E-state index in [1.54, 1.807) is 78.9 Å². The lowest BCUT2D eigenvalue weighted by atomic mass is 9.88. The monoisotopic (exact) mass is 701 g/mol. The van der Waals surface area contributed by atoms with Crippen LogP contribution in [0.25, 0.3) is 6.08 Å². The quantitative estimate of drug-likeness (QED) is 0.0825. The zero-order valence-corrected chi connectivity index (χ0v) is 29.2. The van der Waals surface area contributed by atoms with Gasteiger partial charge in [-0.05, 0) is 91.3 Å². The summed E-state index contributed by atoms with van der Waals surface area (Å²) in [6, 6.07) is 22.7. The molecule has 1 aliphatic carbocycles. The highest BCUT2D eigenvalue weighted by Gasteiger charge is 2.30. The molecule has 0 aliphatic heterocycles. The molecule has 1 heterocycles. The van der Waals surface area contributed by atoms with Crippen molar-refractivity contribution in [3.63, 3.8) is 0 Å². The van der Waals surface area contributed by atoms with Crippen LogP contribution in [-0.4, -0.2) is 36.1 Å².